The fourth-order valence-electron chi connectivity index (χ4n) is 3.06. The van der Waals surface area contributed by atoms with E-state index in [0.29, 0.717) is 34.0 Å². The number of nitrogens with one attached hydrogen (secondary N) is 1. The largest absolute Gasteiger partial charge is 0.507 e. The van der Waals surface area contributed by atoms with E-state index in [2.05, 4.69) is 17.2 Å². The maximum atomic E-state index is 12.6. The van der Waals surface area contributed by atoms with Gasteiger partial charge in [0.25, 0.3) is 5.91 Å². The molecule has 1 aromatic heterocycles. The minimum Gasteiger partial charge on any atom is -0.507 e. The van der Waals surface area contributed by atoms with Gasteiger partial charge in [0.1, 0.15) is 17.0 Å². The number of amides is 1. The molecule has 0 atom stereocenters. The summed E-state index contributed by atoms with van der Waals surface area (Å²) in [5.41, 5.74) is 3.91. The average molecular weight is 388 g/mol. The molecule has 4 rings (SSSR count). The molecular formula is C23H20N2O4. The van der Waals surface area contributed by atoms with Gasteiger partial charge in [-0.25, -0.2) is 4.98 Å². The van der Waals surface area contributed by atoms with Gasteiger partial charge in [-0.1, -0.05) is 19.1 Å². The van der Waals surface area contributed by atoms with Crippen LogP contribution in [0.1, 0.15) is 22.8 Å². The van der Waals surface area contributed by atoms with Crippen molar-refractivity contribution in [3.63, 3.8) is 0 Å². The molecule has 3 aromatic carbocycles. The number of ether oxygens (including phenoxy) is 1. The number of carbonyl (C=O) groups is 1. The average Bonchev–Trinajstić information content (AvgIpc) is 3.18. The third-order valence-corrected chi connectivity index (χ3v) is 4.68. The van der Waals surface area contributed by atoms with Gasteiger partial charge in [-0.2, -0.15) is 0 Å². The molecule has 0 aliphatic rings. The van der Waals surface area contributed by atoms with E-state index in [9.17, 15) is 9.90 Å². The first-order valence-electron chi connectivity index (χ1n) is 9.25. The Labute approximate surface area is 167 Å². The zero-order valence-electron chi connectivity index (χ0n) is 16.1. The molecule has 0 bridgehead atoms. The number of methoxy groups -OCH3 is 1. The van der Waals surface area contributed by atoms with E-state index >= 15 is 0 Å². The van der Waals surface area contributed by atoms with Crippen molar-refractivity contribution < 1.29 is 19.1 Å². The number of nitrogens with zero attached hydrogens (tertiary/aromatic N) is 1. The number of rotatable bonds is 5. The van der Waals surface area contributed by atoms with E-state index in [-0.39, 0.29) is 11.7 Å². The Hall–Kier alpha value is -3.80. The van der Waals surface area contributed by atoms with Crippen molar-refractivity contribution in [2.75, 3.05) is 12.4 Å². The Bertz CT molecular complexity index is 1200. The van der Waals surface area contributed by atoms with Crippen LogP contribution in [0.3, 0.4) is 0 Å². The first kappa shape index (κ1) is 18.6. The maximum absolute atomic E-state index is 12.6. The molecule has 6 heteroatoms. The Morgan fingerprint density at radius 1 is 1.14 bits per heavy atom. The lowest BCUT2D eigenvalue weighted by atomic mass is 10.1. The number of aryl methyl sites for hydroxylation is 1. The van der Waals surface area contributed by atoms with Crippen LogP contribution in [-0.2, 0) is 6.42 Å². The van der Waals surface area contributed by atoms with Crippen LogP contribution in [0.15, 0.2) is 65.1 Å². The molecule has 0 unspecified atom stereocenters. The zero-order chi connectivity index (χ0) is 20.4. The molecule has 1 amide bonds. The van der Waals surface area contributed by atoms with E-state index in [0.717, 1.165) is 17.5 Å². The van der Waals surface area contributed by atoms with Crippen LogP contribution < -0.4 is 10.1 Å². The predicted molar refractivity (Wildman–Crippen MR) is 111 cm³/mol. The lowest BCUT2D eigenvalue weighted by Gasteiger charge is -2.08. The highest BCUT2D eigenvalue weighted by molar-refractivity contribution is 6.04. The number of phenolic OH excluding ortho intramolecular Hbond substituents is 1. The lowest BCUT2D eigenvalue weighted by molar-refractivity contribution is 0.102. The monoisotopic (exact) mass is 388 g/mol. The summed E-state index contributed by atoms with van der Waals surface area (Å²) in [6.45, 7) is 2.07. The summed E-state index contributed by atoms with van der Waals surface area (Å²) in [4.78, 5) is 17.1. The number of hydrogen-bond donors (Lipinski definition) is 2. The quantitative estimate of drug-likeness (QED) is 0.469. The molecule has 0 aliphatic carbocycles. The molecule has 0 spiro atoms. The Kier molecular flexibility index (Phi) is 4.91. The molecule has 0 saturated heterocycles. The Morgan fingerprint density at radius 2 is 2.00 bits per heavy atom. The summed E-state index contributed by atoms with van der Waals surface area (Å²) in [7, 11) is 1.55. The van der Waals surface area contributed by atoms with Gasteiger partial charge in [0.2, 0.25) is 5.89 Å². The van der Waals surface area contributed by atoms with Crippen LogP contribution in [0.25, 0.3) is 22.6 Å². The number of aromatic hydroxyl groups is 1. The second-order valence-electron chi connectivity index (χ2n) is 6.59. The highest BCUT2D eigenvalue weighted by Gasteiger charge is 2.15. The van der Waals surface area contributed by atoms with E-state index in [4.69, 9.17) is 9.15 Å². The van der Waals surface area contributed by atoms with E-state index in [1.807, 2.05) is 18.2 Å². The molecule has 6 nitrogen and oxygen atoms in total. The molecule has 0 fully saturated rings. The van der Waals surface area contributed by atoms with Gasteiger partial charge in [0.15, 0.2) is 5.58 Å². The number of oxazole rings is 1. The third kappa shape index (κ3) is 3.78. The van der Waals surface area contributed by atoms with Gasteiger partial charge in [-0.15, -0.1) is 0 Å². The van der Waals surface area contributed by atoms with Crippen LogP contribution in [0.5, 0.6) is 11.5 Å². The van der Waals surface area contributed by atoms with Gasteiger partial charge >= 0.3 is 0 Å². The number of phenols is 1. The highest BCUT2D eigenvalue weighted by Crippen LogP contribution is 2.33. The molecule has 29 heavy (non-hydrogen) atoms. The number of hydrogen-bond acceptors (Lipinski definition) is 5. The van der Waals surface area contributed by atoms with Crippen LogP contribution in [-0.4, -0.2) is 23.1 Å². The van der Waals surface area contributed by atoms with Crippen molar-refractivity contribution in [2.45, 2.75) is 13.3 Å². The summed E-state index contributed by atoms with van der Waals surface area (Å²) in [5.74, 6) is 0.627. The van der Waals surface area contributed by atoms with Gasteiger partial charge < -0.3 is 19.6 Å². The molecular weight excluding hydrogens is 368 g/mol. The second-order valence-corrected chi connectivity index (χ2v) is 6.59. The molecule has 4 aromatic rings. The summed E-state index contributed by atoms with van der Waals surface area (Å²) in [6.07, 6.45) is 0.898. The van der Waals surface area contributed by atoms with Gasteiger partial charge in [0.05, 0.1) is 12.7 Å². The van der Waals surface area contributed by atoms with Crippen molar-refractivity contribution in [1.29, 1.82) is 0 Å². The van der Waals surface area contributed by atoms with E-state index in [1.165, 1.54) is 6.07 Å². The van der Waals surface area contributed by atoms with E-state index < -0.39 is 0 Å². The number of anilines is 1. The standard InChI is InChI=1S/C23H20N2O4/c1-3-14-7-10-21-19(11-14)25-23(29-21)18-13-16(8-9-20(18)26)24-22(27)15-5-4-6-17(12-15)28-2/h4-13,26H,3H2,1-2H3,(H,24,27). The van der Waals surface area contributed by atoms with Crippen LogP contribution in [0.4, 0.5) is 5.69 Å². The van der Waals surface area contributed by atoms with Crippen molar-refractivity contribution in [3.05, 3.63) is 71.8 Å². The minimum absolute atomic E-state index is 0.0200. The molecule has 0 saturated carbocycles. The first-order chi connectivity index (χ1) is 14.1. The molecule has 2 N–H and O–H groups in total. The van der Waals surface area contributed by atoms with Crippen LogP contribution >= 0.6 is 0 Å². The summed E-state index contributed by atoms with van der Waals surface area (Å²) >= 11 is 0. The third-order valence-electron chi connectivity index (χ3n) is 4.68. The van der Waals surface area contributed by atoms with Crippen molar-refractivity contribution >= 4 is 22.7 Å². The van der Waals surface area contributed by atoms with Gasteiger partial charge in [0, 0.05) is 11.3 Å². The molecule has 0 aliphatic heterocycles. The molecule has 1 heterocycles. The van der Waals surface area contributed by atoms with Crippen molar-refractivity contribution in [2.24, 2.45) is 0 Å². The normalized spacial score (nSPS) is 10.8. The lowest BCUT2D eigenvalue weighted by Crippen LogP contribution is -2.11. The van der Waals surface area contributed by atoms with E-state index in [1.54, 1.807) is 43.5 Å². The highest BCUT2D eigenvalue weighted by atomic mass is 16.5. The van der Waals surface area contributed by atoms with Gasteiger partial charge in [-0.05, 0) is 60.5 Å². The van der Waals surface area contributed by atoms with Crippen molar-refractivity contribution in [3.8, 4) is 23.0 Å². The fourth-order valence-corrected chi connectivity index (χ4v) is 3.06. The molecule has 0 radical (unpaired) electrons. The van der Waals surface area contributed by atoms with Gasteiger partial charge in [-0.3, -0.25) is 4.79 Å². The summed E-state index contributed by atoms with van der Waals surface area (Å²) in [6, 6.07) is 17.5. The summed E-state index contributed by atoms with van der Waals surface area (Å²) < 4.78 is 11.0. The Morgan fingerprint density at radius 3 is 2.79 bits per heavy atom. The van der Waals surface area contributed by atoms with Crippen molar-refractivity contribution in [1.82, 2.24) is 4.98 Å². The number of aromatic nitrogens is 1. The number of fused-ring (bicyclic) bond motifs is 1. The first-order valence-corrected chi connectivity index (χ1v) is 9.25. The smallest absolute Gasteiger partial charge is 0.255 e. The fraction of sp³-hybridized carbons (Fsp3) is 0.130. The second kappa shape index (κ2) is 7.67. The maximum Gasteiger partial charge on any atom is 0.255 e. The zero-order valence-corrected chi connectivity index (χ0v) is 16.1. The predicted octanol–water partition coefficient (Wildman–Crippen LogP) is 5.02. The topological polar surface area (TPSA) is 84.6 Å². The summed E-state index contributed by atoms with van der Waals surface area (Å²) in [5, 5.41) is 13.1. The number of benzene rings is 3. The van der Waals surface area contributed by atoms with Crippen LogP contribution in [0, 0.1) is 0 Å². The minimum atomic E-state index is -0.286. The van der Waals surface area contributed by atoms with Crippen LogP contribution in [0.2, 0.25) is 0 Å². The SMILES string of the molecule is CCc1ccc2oc(-c3cc(NC(=O)c4cccc(OC)c4)ccc3O)nc2c1. The Balaban J connectivity index is 1.64. The molecule has 146 valence electrons. The number of carbonyl (C=O) groups excluding carboxylic acids is 1.